The van der Waals surface area contributed by atoms with E-state index >= 15 is 0 Å². The Morgan fingerprint density at radius 1 is 1.43 bits per heavy atom. The first-order valence-electron chi connectivity index (χ1n) is 6.58. The Hall–Kier alpha value is -2.05. The van der Waals surface area contributed by atoms with E-state index in [4.69, 9.17) is 16.7 Å². The molecule has 7 heteroatoms. The molecule has 1 heterocycles. The molecule has 0 saturated heterocycles. The molecule has 2 amide bonds. The minimum atomic E-state index is -0.351. The lowest BCUT2D eigenvalue weighted by molar-refractivity contribution is 0.248. The van der Waals surface area contributed by atoms with E-state index in [1.54, 1.807) is 16.9 Å². The van der Waals surface area contributed by atoms with Crippen LogP contribution in [0.15, 0.2) is 30.5 Å². The van der Waals surface area contributed by atoms with E-state index in [1.165, 1.54) is 0 Å². The predicted octanol–water partition coefficient (Wildman–Crippen LogP) is 2.34. The number of halogens is 1. The van der Waals surface area contributed by atoms with Gasteiger partial charge in [0, 0.05) is 24.9 Å². The van der Waals surface area contributed by atoms with Crippen LogP contribution in [0.25, 0.3) is 5.69 Å². The van der Waals surface area contributed by atoms with Gasteiger partial charge in [-0.25, -0.2) is 9.48 Å². The van der Waals surface area contributed by atoms with Gasteiger partial charge in [0.25, 0.3) is 0 Å². The molecule has 0 aliphatic carbocycles. The number of aliphatic hydroxyl groups is 1. The van der Waals surface area contributed by atoms with Gasteiger partial charge in [-0.2, -0.15) is 0 Å². The maximum Gasteiger partial charge on any atom is 0.320 e. The standard InChI is InChI=1S/C14H17ClN4O2/c1-10-9-19(12-6-3-2-5-11(12)15)18-13(10)17-14(21)16-7-4-8-20/h2-3,5-6,9,20H,4,7-8H2,1H3,(H2,16,17,18,21). The first-order chi connectivity index (χ1) is 10.1. The average Bonchev–Trinajstić information content (AvgIpc) is 2.80. The summed E-state index contributed by atoms with van der Waals surface area (Å²) in [4.78, 5) is 11.7. The van der Waals surface area contributed by atoms with Crippen LogP contribution in [0, 0.1) is 6.92 Å². The van der Waals surface area contributed by atoms with Crippen molar-refractivity contribution < 1.29 is 9.90 Å². The summed E-state index contributed by atoms with van der Waals surface area (Å²) in [5.41, 5.74) is 1.57. The van der Waals surface area contributed by atoms with E-state index in [2.05, 4.69) is 15.7 Å². The number of hydrogen-bond acceptors (Lipinski definition) is 3. The molecule has 3 N–H and O–H groups in total. The number of benzene rings is 1. The zero-order chi connectivity index (χ0) is 15.2. The number of nitrogens with one attached hydrogen (secondary N) is 2. The lowest BCUT2D eigenvalue weighted by Gasteiger charge is -2.05. The number of aromatic nitrogens is 2. The molecule has 0 fully saturated rings. The van der Waals surface area contributed by atoms with Gasteiger partial charge in [0.1, 0.15) is 0 Å². The zero-order valence-electron chi connectivity index (χ0n) is 11.6. The fourth-order valence-corrected chi connectivity index (χ4v) is 2.00. The fourth-order valence-electron chi connectivity index (χ4n) is 1.78. The molecule has 1 aromatic heterocycles. The number of carbonyl (C=O) groups is 1. The summed E-state index contributed by atoms with van der Waals surface area (Å²) in [7, 11) is 0. The normalized spacial score (nSPS) is 10.4. The molecule has 0 atom stereocenters. The second kappa shape index (κ2) is 7.10. The highest BCUT2D eigenvalue weighted by Gasteiger charge is 2.11. The molecule has 1 aromatic carbocycles. The summed E-state index contributed by atoms with van der Waals surface area (Å²) in [6, 6.07) is 6.99. The highest BCUT2D eigenvalue weighted by atomic mass is 35.5. The Bertz CT molecular complexity index is 627. The first-order valence-corrected chi connectivity index (χ1v) is 6.96. The van der Waals surface area contributed by atoms with Gasteiger partial charge >= 0.3 is 6.03 Å². The third kappa shape index (κ3) is 3.96. The van der Waals surface area contributed by atoms with Gasteiger partial charge in [-0.15, -0.1) is 5.10 Å². The molecular weight excluding hydrogens is 292 g/mol. The van der Waals surface area contributed by atoms with Gasteiger partial charge in [0.05, 0.1) is 10.7 Å². The van der Waals surface area contributed by atoms with Crippen LogP contribution < -0.4 is 10.6 Å². The number of aryl methyl sites for hydroxylation is 1. The SMILES string of the molecule is Cc1cn(-c2ccccc2Cl)nc1NC(=O)NCCCO. The fraction of sp³-hybridized carbons (Fsp3) is 0.286. The molecule has 6 nitrogen and oxygen atoms in total. The van der Waals surface area contributed by atoms with Gasteiger partial charge in [0.2, 0.25) is 0 Å². The number of amides is 2. The van der Waals surface area contributed by atoms with Crippen LogP contribution in [-0.4, -0.2) is 34.1 Å². The Kier molecular flexibility index (Phi) is 5.19. The van der Waals surface area contributed by atoms with Crippen molar-refractivity contribution in [1.29, 1.82) is 0 Å². The van der Waals surface area contributed by atoms with Gasteiger partial charge in [-0.3, -0.25) is 5.32 Å². The van der Waals surface area contributed by atoms with Crippen LogP contribution in [0.1, 0.15) is 12.0 Å². The molecule has 21 heavy (non-hydrogen) atoms. The van der Waals surface area contributed by atoms with E-state index in [0.29, 0.717) is 23.8 Å². The molecule has 2 aromatic rings. The molecule has 2 rings (SSSR count). The second-order valence-corrected chi connectivity index (χ2v) is 4.92. The van der Waals surface area contributed by atoms with Crippen molar-refractivity contribution in [2.24, 2.45) is 0 Å². The Balaban J connectivity index is 2.09. The van der Waals surface area contributed by atoms with Crippen molar-refractivity contribution in [2.75, 3.05) is 18.5 Å². The third-order valence-corrected chi connectivity index (χ3v) is 3.17. The predicted molar refractivity (Wildman–Crippen MR) is 82.0 cm³/mol. The Morgan fingerprint density at radius 2 is 2.19 bits per heavy atom. The van der Waals surface area contributed by atoms with Crippen molar-refractivity contribution in [3.8, 4) is 5.69 Å². The van der Waals surface area contributed by atoms with Gasteiger partial charge in [-0.05, 0) is 25.5 Å². The van der Waals surface area contributed by atoms with Crippen LogP contribution >= 0.6 is 11.6 Å². The van der Waals surface area contributed by atoms with E-state index in [1.807, 2.05) is 25.1 Å². The number of hydrogen-bond donors (Lipinski definition) is 3. The van der Waals surface area contributed by atoms with Gasteiger partial charge in [-0.1, -0.05) is 23.7 Å². The number of urea groups is 1. The number of aliphatic hydroxyl groups excluding tert-OH is 1. The molecule has 0 radical (unpaired) electrons. The Labute approximate surface area is 127 Å². The van der Waals surface area contributed by atoms with E-state index in [9.17, 15) is 4.79 Å². The van der Waals surface area contributed by atoms with Crippen molar-refractivity contribution in [2.45, 2.75) is 13.3 Å². The largest absolute Gasteiger partial charge is 0.396 e. The van der Waals surface area contributed by atoms with Crippen molar-refractivity contribution in [1.82, 2.24) is 15.1 Å². The molecule has 0 saturated carbocycles. The quantitative estimate of drug-likeness (QED) is 0.742. The third-order valence-electron chi connectivity index (χ3n) is 2.85. The number of nitrogens with zero attached hydrogens (tertiary/aromatic N) is 2. The second-order valence-electron chi connectivity index (χ2n) is 4.51. The van der Waals surface area contributed by atoms with Crippen LogP contribution in [0.2, 0.25) is 5.02 Å². The topological polar surface area (TPSA) is 79.2 Å². The average molecular weight is 309 g/mol. The maximum absolute atomic E-state index is 11.7. The highest BCUT2D eigenvalue weighted by Crippen LogP contribution is 2.22. The lowest BCUT2D eigenvalue weighted by Crippen LogP contribution is -2.30. The van der Waals surface area contributed by atoms with Gasteiger partial charge in [0.15, 0.2) is 5.82 Å². The summed E-state index contributed by atoms with van der Waals surface area (Å²) in [5, 5.41) is 18.9. The molecule has 0 unspecified atom stereocenters. The van der Waals surface area contributed by atoms with Crippen molar-refractivity contribution in [3.63, 3.8) is 0 Å². The summed E-state index contributed by atoms with van der Waals surface area (Å²) >= 11 is 6.13. The number of anilines is 1. The van der Waals surface area contributed by atoms with Crippen LogP contribution in [0.5, 0.6) is 0 Å². The van der Waals surface area contributed by atoms with Crippen LogP contribution in [0.4, 0.5) is 10.6 Å². The molecular formula is C14H17ClN4O2. The molecule has 0 aliphatic rings. The number of rotatable bonds is 5. The van der Waals surface area contributed by atoms with E-state index in [-0.39, 0.29) is 12.6 Å². The first kappa shape index (κ1) is 15.3. The van der Waals surface area contributed by atoms with E-state index < -0.39 is 0 Å². The highest BCUT2D eigenvalue weighted by molar-refractivity contribution is 6.32. The Morgan fingerprint density at radius 3 is 2.90 bits per heavy atom. The lowest BCUT2D eigenvalue weighted by atomic mass is 10.3. The minimum Gasteiger partial charge on any atom is -0.396 e. The number of carbonyl (C=O) groups excluding carboxylic acids is 1. The molecule has 0 aliphatic heterocycles. The summed E-state index contributed by atoms with van der Waals surface area (Å²) < 4.78 is 1.63. The van der Waals surface area contributed by atoms with E-state index in [0.717, 1.165) is 11.3 Å². The molecule has 0 spiro atoms. The smallest absolute Gasteiger partial charge is 0.320 e. The molecule has 0 bridgehead atoms. The maximum atomic E-state index is 11.7. The summed E-state index contributed by atoms with van der Waals surface area (Å²) in [6.07, 6.45) is 2.31. The van der Waals surface area contributed by atoms with Gasteiger partial charge < -0.3 is 10.4 Å². The molecule has 112 valence electrons. The van der Waals surface area contributed by atoms with Crippen LogP contribution in [0.3, 0.4) is 0 Å². The van der Waals surface area contributed by atoms with Crippen molar-refractivity contribution in [3.05, 3.63) is 41.0 Å². The summed E-state index contributed by atoms with van der Waals surface area (Å²) in [5.74, 6) is 0.469. The zero-order valence-corrected chi connectivity index (χ0v) is 12.4. The number of para-hydroxylation sites is 1. The summed E-state index contributed by atoms with van der Waals surface area (Å²) in [6.45, 7) is 2.30. The minimum absolute atomic E-state index is 0.0421. The van der Waals surface area contributed by atoms with Crippen LogP contribution in [-0.2, 0) is 0 Å². The van der Waals surface area contributed by atoms with Crippen molar-refractivity contribution >= 4 is 23.4 Å². The monoisotopic (exact) mass is 308 g/mol.